The molecule has 2 amide bonds. The second-order valence-corrected chi connectivity index (χ2v) is 7.07. The number of hydrogen-bond donors (Lipinski definition) is 0. The second kappa shape index (κ2) is 10.5. The van der Waals surface area contributed by atoms with Crippen LogP contribution in [0.25, 0.3) is 0 Å². The van der Waals surface area contributed by atoms with Gasteiger partial charge in [0.25, 0.3) is 5.91 Å². The Labute approximate surface area is 176 Å². The van der Waals surface area contributed by atoms with E-state index in [1.807, 2.05) is 30.3 Å². The first kappa shape index (κ1) is 21.5. The highest BCUT2D eigenvalue weighted by Crippen LogP contribution is 2.21. The van der Waals surface area contributed by atoms with Crippen molar-refractivity contribution in [3.8, 4) is 0 Å². The number of nitrogens with zero attached hydrogens (tertiary/aromatic N) is 2. The van der Waals surface area contributed by atoms with Crippen LogP contribution >= 0.6 is 0 Å². The highest BCUT2D eigenvalue weighted by molar-refractivity contribution is 5.96. The van der Waals surface area contributed by atoms with Crippen molar-refractivity contribution in [2.24, 2.45) is 0 Å². The number of hydrogen-bond acceptors (Lipinski definition) is 5. The van der Waals surface area contributed by atoms with Gasteiger partial charge in [-0.3, -0.25) is 9.59 Å². The summed E-state index contributed by atoms with van der Waals surface area (Å²) >= 11 is 0. The molecular weight excluding hydrogens is 384 g/mol. The number of rotatable bonds is 9. The fraction of sp³-hybridized carbons (Fsp3) is 0.348. The summed E-state index contributed by atoms with van der Waals surface area (Å²) in [5.41, 5.74) is 2.09. The average molecular weight is 410 g/mol. The van der Waals surface area contributed by atoms with Crippen molar-refractivity contribution in [1.82, 2.24) is 4.90 Å². The van der Waals surface area contributed by atoms with Gasteiger partial charge in [0, 0.05) is 38.9 Å². The van der Waals surface area contributed by atoms with Crippen LogP contribution in [-0.4, -0.2) is 56.1 Å². The van der Waals surface area contributed by atoms with Gasteiger partial charge in [0.05, 0.1) is 12.2 Å². The average Bonchev–Trinajstić information content (AvgIpc) is 3.21. The largest absolute Gasteiger partial charge is 0.452 e. The molecule has 2 aromatic carbocycles. The molecule has 158 valence electrons. The number of esters is 1. The summed E-state index contributed by atoms with van der Waals surface area (Å²) in [4.78, 5) is 40.1. The van der Waals surface area contributed by atoms with Crippen molar-refractivity contribution in [3.63, 3.8) is 0 Å². The van der Waals surface area contributed by atoms with Gasteiger partial charge in [-0.15, -0.1) is 0 Å². The van der Waals surface area contributed by atoms with Gasteiger partial charge in [-0.25, -0.2) is 4.79 Å². The Kier molecular flexibility index (Phi) is 7.57. The number of benzene rings is 2. The molecule has 0 bridgehead atoms. The first-order valence-corrected chi connectivity index (χ1v) is 9.96. The van der Waals surface area contributed by atoms with Gasteiger partial charge in [0.2, 0.25) is 5.91 Å². The zero-order valence-electron chi connectivity index (χ0n) is 17.1. The molecule has 0 aromatic heterocycles. The molecular formula is C23H26N2O5. The number of anilines is 1. The molecule has 7 heteroatoms. The highest BCUT2D eigenvalue weighted by atomic mass is 16.5. The molecule has 1 saturated heterocycles. The minimum atomic E-state index is -0.575. The van der Waals surface area contributed by atoms with Crippen LogP contribution in [0.2, 0.25) is 0 Å². The zero-order chi connectivity index (χ0) is 21.3. The van der Waals surface area contributed by atoms with Gasteiger partial charge in [0.15, 0.2) is 6.61 Å². The summed E-state index contributed by atoms with van der Waals surface area (Å²) in [6.45, 7) is 1.56. The fourth-order valence-electron chi connectivity index (χ4n) is 3.30. The van der Waals surface area contributed by atoms with Gasteiger partial charge < -0.3 is 19.3 Å². The molecule has 1 aliphatic heterocycles. The van der Waals surface area contributed by atoms with Crippen LogP contribution in [0.4, 0.5) is 5.69 Å². The summed E-state index contributed by atoms with van der Waals surface area (Å²) in [5.74, 6) is -0.775. The minimum Gasteiger partial charge on any atom is -0.452 e. The third-order valence-corrected chi connectivity index (χ3v) is 4.95. The molecule has 1 fully saturated rings. The first-order chi connectivity index (χ1) is 14.6. The van der Waals surface area contributed by atoms with Gasteiger partial charge >= 0.3 is 5.97 Å². The van der Waals surface area contributed by atoms with Gasteiger partial charge in [-0.05, 0) is 36.2 Å². The molecule has 0 aliphatic carbocycles. The molecule has 1 aliphatic rings. The molecule has 0 N–H and O–H groups in total. The fourth-order valence-corrected chi connectivity index (χ4v) is 3.30. The first-order valence-electron chi connectivity index (χ1n) is 9.96. The van der Waals surface area contributed by atoms with E-state index in [4.69, 9.17) is 9.47 Å². The minimum absolute atomic E-state index is 0.0884. The lowest BCUT2D eigenvalue weighted by atomic mass is 10.2. The zero-order valence-corrected chi connectivity index (χ0v) is 17.1. The quantitative estimate of drug-likeness (QED) is 0.594. The van der Waals surface area contributed by atoms with Gasteiger partial charge in [-0.1, -0.05) is 30.3 Å². The Hall–Kier alpha value is -3.19. The van der Waals surface area contributed by atoms with Crippen LogP contribution in [0.15, 0.2) is 54.6 Å². The highest BCUT2D eigenvalue weighted by Gasteiger charge is 2.22. The van der Waals surface area contributed by atoms with Gasteiger partial charge in [-0.2, -0.15) is 0 Å². The molecule has 0 atom stereocenters. The van der Waals surface area contributed by atoms with Crippen LogP contribution in [0.5, 0.6) is 0 Å². The summed E-state index contributed by atoms with van der Waals surface area (Å²) in [6.07, 6.45) is 1.39. The van der Waals surface area contributed by atoms with E-state index in [1.165, 1.54) is 0 Å². The topological polar surface area (TPSA) is 76.2 Å². The lowest BCUT2D eigenvalue weighted by Gasteiger charge is -2.22. The van der Waals surface area contributed by atoms with Crippen molar-refractivity contribution >= 4 is 23.5 Å². The Morgan fingerprint density at radius 3 is 2.43 bits per heavy atom. The molecule has 0 spiro atoms. The van der Waals surface area contributed by atoms with E-state index in [9.17, 15) is 14.4 Å². The van der Waals surface area contributed by atoms with Crippen LogP contribution in [0, 0.1) is 0 Å². The number of carbonyl (C=O) groups excluding carboxylic acids is 3. The summed E-state index contributed by atoms with van der Waals surface area (Å²) in [7, 11) is 1.57. The summed E-state index contributed by atoms with van der Waals surface area (Å²) in [6, 6.07) is 16.3. The normalized spacial score (nSPS) is 13.4. The van der Waals surface area contributed by atoms with Gasteiger partial charge in [0.1, 0.15) is 0 Å². The lowest BCUT2D eigenvalue weighted by molar-refractivity contribution is -0.135. The Morgan fingerprint density at radius 1 is 1.07 bits per heavy atom. The summed E-state index contributed by atoms with van der Waals surface area (Å²) < 4.78 is 10.3. The van der Waals surface area contributed by atoms with E-state index in [0.29, 0.717) is 38.2 Å². The second-order valence-electron chi connectivity index (χ2n) is 7.07. The standard InChI is InChI=1S/C23H26N2O5/c1-29-15-14-24(16-18-6-3-2-4-7-18)22(27)17-30-23(28)19-9-11-20(12-10-19)25-13-5-8-21(25)26/h2-4,6-7,9-12H,5,8,13-17H2,1H3. The maximum Gasteiger partial charge on any atom is 0.338 e. The Bertz CT molecular complexity index is 867. The van der Waals surface area contributed by atoms with Crippen LogP contribution < -0.4 is 4.90 Å². The number of methoxy groups -OCH3 is 1. The SMILES string of the molecule is COCCN(Cc1ccccc1)C(=O)COC(=O)c1ccc(N2CCCC2=O)cc1. The molecule has 30 heavy (non-hydrogen) atoms. The lowest BCUT2D eigenvalue weighted by Crippen LogP contribution is -2.36. The van der Waals surface area contributed by atoms with Crippen molar-refractivity contribution in [2.45, 2.75) is 19.4 Å². The Balaban J connectivity index is 1.56. The maximum atomic E-state index is 12.6. The van der Waals surface area contributed by atoms with E-state index < -0.39 is 5.97 Å². The smallest absolute Gasteiger partial charge is 0.338 e. The predicted molar refractivity (Wildman–Crippen MR) is 112 cm³/mol. The van der Waals surface area contributed by atoms with E-state index in [1.54, 1.807) is 41.2 Å². The van der Waals surface area contributed by atoms with Crippen LogP contribution in [0.3, 0.4) is 0 Å². The molecule has 0 saturated carbocycles. The van der Waals surface area contributed by atoms with Crippen LogP contribution in [0.1, 0.15) is 28.8 Å². The number of amides is 2. The Morgan fingerprint density at radius 2 is 1.80 bits per heavy atom. The summed E-state index contributed by atoms with van der Waals surface area (Å²) in [5, 5.41) is 0. The monoisotopic (exact) mass is 410 g/mol. The van der Waals surface area contributed by atoms with E-state index in [0.717, 1.165) is 17.7 Å². The molecule has 1 heterocycles. The third kappa shape index (κ3) is 5.67. The van der Waals surface area contributed by atoms with Crippen molar-refractivity contribution in [2.75, 3.05) is 38.3 Å². The predicted octanol–water partition coefficient (Wildman–Crippen LogP) is 2.65. The van der Waals surface area contributed by atoms with Crippen molar-refractivity contribution in [3.05, 3.63) is 65.7 Å². The molecule has 0 unspecified atom stereocenters. The number of ether oxygens (including phenoxy) is 2. The molecule has 0 radical (unpaired) electrons. The molecule has 3 rings (SSSR count). The van der Waals surface area contributed by atoms with E-state index in [2.05, 4.69) is 0 Å². The van der Waals surface area contributed by atoms with Crippen molar-refractivity contribution < 1.29 is 23.9 Å². The van der Waals surface area contributed by atoms with Crippen LogP contribution in [-0.2, 0) is 25.6 Å². The van der Waals surface area contributed by atoms with E-state index in [-0.39, 0.29) is 18.4 Å². The number of carbonyl (C=O) groups is 3. The third-order valence-electron chi connectivity index (χ3n) is 4.95. The maximum absolute atomic E-state index is 12.6. The van der Waals surface area contributed by atoms with Crippen molar-refractivity contribution in [1.29, 1.82) is 0 Å². The molecule has 7 nitrogen and oxygen atoms in total. The molecule has 2 aromatic rings. The van der Waals surface area contributed by atoms with E-state index >= 15 is 0 Å².